The van der Waals surface area contributed by atoms with Crippen LogP contribution in [0.4, 0.5) is 0 Å². The van der Waals surface area contributed by atoms with E-state index in [9.17, 15) is 0 Å². The van der Waals surface area contributed by atoms with Crippen LogP contribution in [0, 0.1) is 0 Å². The van der Waals surface area contributed by atoms with E-state index in [1.165, 1.54) is 43.0 Å². The fourth-order valence-corrected chi connectivity index (χ4v) is 11.2. The zero-order chi connectivity index (χ0) is 25.2. The van der Waals surface area contributed by atoms with Gasteiger partial charge in [-0.05, 0) is 67.3 Å². The highest BCUT2D eigenvalue weighted by Crippen LogP contribution is 2.43. The van der Waals surface area contributed by atoms with Crippen LogP contribution < -0.4 is 25.0 Å². The molecule has 1 aliphatic heterocycles. The Bertz CT molecular complexity index is 1520. The summed E-state index contributed by atoms with van der Waals surface area (Å²) < 4.78 is 11.0. The minimum Gasteiger partial charge on any atom is -0.497 e. The van der Waals surface area contributed by atoms with Crippen LogP contribution in [0.3, 0.4) is 0 Å². The van der Waals surface area contributed by atoms with Gasteiger partial charge in [0, 0.05) is 0 Å². The molecule has 0 radical (unpaired) electrons. The quantitative estimate of drug-likeness (QED) is 0.281. The highest BCUT2D eigenvalue weighted by Gasteiger charge is 2.50. The molecule has 1 aliphatic rings. The molecule has 6 rings (SSSR count). The van der Waals surface area contributed by atoms with E-state index in [2.05, 4.69) is 133 Å². The third kappa shape index (κ3) is 3.71. The second kappa shape index (κ2) is 9.60. The first-order chi connectivity index (χ1) is 18.3. The van der Waals surface area contributed by atoms with Crippen molar-refractivity contribution in [2.75, 3.05) is 14.2 Å². The van der Waals surface area contributed by atoms with Gasteiger partial charge in [-0.1, -0.05) is 109 Å². The van der Waals surface area contributed by atoms with Gasteiger partial charge in [-0.3, -0.25) is 0 Å². The lowest BCUT2D eigenvalue weighted by molar-refractivity contribution is 0.414. The molecule has 0 aromatic heterocycles. The standard InChI is InChI=1S/C34H28O2Si/c1-35-27-21-17-25(18-22-27)33-31-15-9-10-16-32(31)37(29-11-5-3-6-12-29,30-13-7-4-8-14-30)34(33)26-19-23-28(36-2)24-20-26/h3-24H,1-2H3. The highest BCUT2D eigenvalue weighted by molar-refractivity contribution is 7.25. The number of benzene rings is 5. The van der Waals surface area contributed by atoms with E-state index in [0.717, 1.165) is 11.5 Å². The first-order valence-corrected chi connectivity index (χ1v) is 14.5. The maximum Gasteiger partial charge on any atom is 0.181 e. The minimum atomic E-state index is -2.66. The monoisotopic (exact) mass is 496 g/mol. The summed E-state index contributed by atoms with van der Waals surface area (Å²) in [5.74, 6) is 1.72. The number of methoxy groups -OCH3 is 2. The molecule has 5 aromatic rings. The van der Waals surface area contributed by atoms with E-state index < -0.39 is 8.07 Å². The minimum absolute atomic E-state index is 0.858. The average molecular weight is 497 g/mol. The van der Waals surface area contributed by atoms with Gasteiger partial charge in [-0.2, -0.15) is 0 Å². The maximum absolute atomic E-state index is 5.53. The number of rotatable bonds is 6. The summed E-state index contributed by atoms with van der Waals surface area (Å²) in [5, 5.41) is 5.58. The molecule has 0 spiro atoms. The van der Waals surface area contributed by atoms with Crippen LogP contribution in [0.2, 0.25) is 0 Å². The van der Waals surface area contributed by atoms with Crippen molar-refractivity contribution >= 4 is 34.4 Å². The Morgan fingerprint density at radius 3 is 1.43 bits per heavy atom. The summed E-state index contributed by atoms with van der Waals surface area (Å²) >= 11 is 0. The number of ether oxygens (including phenoxy) is 2. The highest BCUT2D eigenvalue weighted by atomic mass is 28.3. The van der Waals surface area contributed by atoms with Crippen LogP contribution in [-0.2, 0) is 0 Å². The van der Waals surface area contributed by atoms with Gasteiger partial charge >= 0.3 is 0 Å². The van der Waals surface area contributed by atoms with Gasteiger partial charge < -0.3 is 9.47 Å². The van der Waals surface area contributed by atoms with Crippen LogP contribution in [0.1, 0.15) is 16.7 Å². The second-order valence-corrected chi connectivity index (χ2v) is 12.9. The van der Waals surface area contributed by atoms with Gasteiger partial charge in [0.05, 0.1) is 14.2 Å². The molecule has 5 aromatic carbocycles. The van der Waals surface area contributed by atoms with E-state index in [4.69, 9.17) is 9.47 Å². The predicted octanol–water partition coefficient (Wildman–Crippen LogP) is 5.69. The molecule has 0 aliphatic carbocycles. The predicted molar refractivity (Wildman–Crippen MR) is 156 cm³/mol. The largest absolute Gasteiger partial charge is 0.497 e. The van der Waals surface area contributed by atoms with Gasteiger partial charge in [-0.15, -0.1) is 0 Å². The van der Waals surface area contributed by atoms with Crippen molar-refractivity contribution in [1.82, 2.24) is 0 Å². The summed E-state index contributed by atoms with van der Waals surface area (Å²) in [6.45, 7) is 0. The molecule has 0 N–H and O–H groups in total. The molecular weight excluding hydrogens is 468 g/mol. The summed E-state index contributed by atoms with van der Waals surface area (Å²) in [6, 6.07) is 48.3. The van der Waals surface area contributed by atoms with E-state index in [1.54, 1.807) is 14.2 Å². The van der Waals surface area contributed by atoms with E-state index in [1.807, 2.05) is 0 Å². The first kappa shape index (κ1) is 23.1. The lowest BCUT2D eigenvalue weighted by Crippen LogP contribution is -2.66. The van der Waals surface area contributed by atoms with Crippen molar-refractivity contribution in [2.24, 2.45) is 0 Å². The van der Waals surface area contributed by atoms with Crippen molar-refractivity contribution in [3.8, 4) is 11.5 Å². The molecule has 0 atom stereocenters. The molecule has 2 nitrogen and oxygen atoms in total. The zero-order valence-corrected chi connectivity index (χ0v) is 22.0. The van der Waals surface area contributed by atoms with E-state index in [-0.39, 0.29) is 0 Å². The molecule has 3 heteroatoms. The summed E-state index contributed by atoms with van der Waals surface area (Å²) in [6.07, 6.45) is 0. The normalized spacial score (nSPS) is 13.8. The molecule has 1 heterocycles. The molecule has 0 amide bonds. The smallest absolute Gasteiger partial charge is 0.181 e. The fraction of sp³-hybridized carbons (Fsp3) is 0.0588. The van der Waals surface area contributed by atoms with Crippen LogP contribution in [0.25, 0.3) is 10.8 Å². The third-order valence-corrected chi connectivity index (χ3v) is 12.3. The molecule has 0 unspecified atom stereocenters. The van der Waals surface area contributed by atoms with Crippen LogP contribution >= 0.6 is 0 Å². The van der Waals surface area contributed by atoms with Crippen LogP contribution in [0.15, 0.2) is 133 Å². The van der Waals surface area contributed by atoms with Gasteiger partial charge in [0.15, 0.2) is 8.07 Å². The Labute approximate surface area is 219 Å². The summed E-state index contributed by atoms with van der Waals surface area (Å²) in [4.78, 5) is 0. The van der Waals surface area contributed by atoms with Gasteiger partial charge in [0.2, 0.25) is 0 Å². The first-order valence-electron chi connectivity index (χ1n) is 12.5. The van der Waals surface area contributed by atoms with Gasteiger partial charge in [-0.25, -0.2) is 0 Å². The van der Waals surface area contributed by atoms with Crippen LogP contribution in [-0.4, -0.2) is 22.3 Å². The molecular formula is C34H28O2Si. The van der Waals surface area contributed by atoms with E-state index in [0.29, 0.717) is 0 Å². The van der Waals surface area contributed by atoms with Crippen molar-refractivity contribution < 1.29 is 9.47 Å². The molecule has 0 saturated heterocycles. The molecule has 0 bridgehead atoms. The van der Waals surface area contributed by atoms with Crippen molar-refractivity contribution in [3.05, 3.63) is 150 Å². The molecule has 37 heavy (non-hydrogen) atoms. The SMILES string of the molecule is COc1ccc(C2=C(c3ccc(OC)cc3)[Si](c3ccccc3)(c3ccccc3)c3ccccc32)cc1. The molecule has 0 fully saturated rings. The van der Waals surface area contributed by atoms with E-state index >= 15 is 0 Å². The van der Waals surface area contributed by atoms with Crippen LogP contribution in [0.5, 0.6) is 11.5 Å². The number of fused-ring (bicyclic) bond motifs is 1. The van der Waals surface area contributed by atoms with Gasteiger partial charge in [0.25, 0.3) is 0 Å². The van der Waals surface area contributed by atoms with Crippen molar-refractivity contribution in [1.29, 1.82) is 0 Å². The number of hydrogen-bond acceptors (Lipinski definition) is 2. The number of hydrogen-bond donors (Lipinski definition) is 0. The zero-order valence-electron chi connectivity index (χ0n) is 21.0. The Morgan fingerprint density at radius 2 is 0.919 bits per heavy atom. The summed E-state index contributed by atoms with van der Waals surface area (Å²) in [7, 11) is 0.767. The Hall–Kier alpha value is -4.34. The lowest BCUT2D eigenvalue weighted by Gasteiger charge is -2.33. The Balaban J connectivity index is 1.79. The maximum atomic E-state index is 5.53. The molecule has 0 saturated carbocycles. The summed E-state index contributed by atoms with van der Waals surface area (Å²) in [5.41, 5.74) is 5.02. The Kier molecular flexibility index (Phi) is 5.99. The van der Waals surface area contributed by atoms with Crippen molar-refractivity contribution in [2.45, 2.75) is 0 Å². The average Bonchev–Trinajstić information content (AvgIpc) is 3.30. The topological polar surface area (TPSA) is 18.5 Å². The Morgan fingerprint density at radius 1 is 0.459 bits per heavy atom. The lowest BCUT2D eigenvalue weighted by atomic mass is 9.95. The fourth-order valence-electron chi connectivity index (χ4n) is 5.80. The molecule has 180 valence electrons. The van der Waals surface area contributed by atoms with Crippen molar-refractivity contribution in [3.63, 3.8) is 0 Å². The third-order valence-electron chi connectivity index (χ3n) is 7.40. The second-order valence-electron chi connectivity index (χ2n) is 9.23. The van der Waals surface area contributed by atoms with Gasteiger partial charge in [0.1, 0.15) is 11.5 Å².